The predicted molar refractivity (Wildman–Crippen MR) is 200 cm³/mol. The summed E-state index contributed by atoms with van der Waals surface area (Å²) in [5.74, 6) is 0.789. The van der Waals surface area contributed by atoms with Crippen molar-refractivity contribution in [1.29, 1.82) is 0 Å². The number of rotatable bonds is 6. The number of imidazole rings is 1. The Balaban J connectivity index is 1.03. The number of nitrogens with one attached hydrogen (secondary N) is 2. The van der Waals surface area contributed by atoms with Crippen LogP contribution in [0.25, 0.3) is 43.4 Å². The van der Waals surface area contributed by atoms with Gasteiger partial charge < -0.3 is 24.7 Å². The minimum atomic E-state index is -0.539. The molecule has 11 heteroatoms. The minimum absolute atomic E-state index is 0.0858. The summed E-state index contributed by atoms with van der Waals surface area (Å²) in [7, 11) is 0. The highest BCUT2D eigenvalue weighted by Crippen LogP contribution is 2.35. The van der Waals surface area contributed by atoms with E-state index in [2.05, 4.69) is 69.9 Å². The molecule has 2 saturated heterocycles. The lowest BCUT2D eigenvalue weighted by Gasteiger charge is -2.28. The summed E-state index contributed by atoms with van der Waals surface area (Å²) in [5.41, 5.74) is 4.15. The van der Waals surface area contributed by atoms with E-state index in [1.54, 1.807) is 16.2 Å². The molecular weight excluding hydrogens is 649 g/mol. The van der Waals surface area contributed by atoms with E-state index in [4.69, 9.17) is 14.5 Å². The van der Waals surface area contributed by atoms with Gasteiger partial charge in [-0.15, -0.1) is 0 Å². The lowest BCUT2D eigenvalue weighted by Crippen LogP contribution is -2.42. The molecule has 262 valence electrons. The maximum absolute atomic E-state index is 12.8. The van der Waals surface area contributed by atoms with Crippen molar-refractivity contribution in [3.63, 3.8) is 0 Å². The third-order valence-electron chi connectivity index (χ3n) is 9.16. The minimum Gasteiger partial charge on any atom is -0.444 e. The number of anilines is 1. The van der Waals surface area contributed by atoms with Crippen LogP contribution in [0.5, 0.6) is 0 Å². The molecular formula is C39H46N6O4S. The average Bonchev–Trinajstić information content (AvgIpc) is 3.87. The highest BCUT2D eigenvalue weighted by Gasteiger charge is 2.35. The molecule has 2 aliphatic heterocycles. The smallest absolute Gasteiger partial charge is 0.410 e. The fourth-order valence-corrected chi connectivity index (χ4v) is 7.74. The third-order valence-corrected chi connectivity index (χ3v) is 10.1. The van der Waals surface area contributed by atoms with Crippen LogP contribution in [0.1, 0.15) is 79.1 Å². The van der Waals surface area contributed by atoms with Crippen LogP contribution in [0.3, 0.4) is 0 Å². The van der Waals surface area contributed by atoms with Crippen molar-refractivity contribution in [2.24, 2.45) is 0 Å². The first-order chi connectivity index (χ1) is 23.8. The Morgan fingerprint density at radius 3 is 2.20 bits per heavy atom. The number of hydrogen-bond acceptors (Lipinski definition) is 8. The summed E-state index contributed by atoms with van der Waals surface area (Å²) in [6, 6.07) is 19.3. The number of benzene rings is 3. The molecule has 4 heterocycles. The highest BCUT2D eigenvalue weighted by molar-refractivity contribution is 7.22. The molecule has 0 unspecified atom stereocenters. The second-order valence-electron chi connectivity index (χ2n) is 15.3. The number of amides is 2. The van der Waals surface area contributed by atoms with E-state index in [-0.39, 0.29) is 24.3 Å². The van der Waals surface area contributed by atoms with Crippen LogP contribution in [0.2, 0.25) is 0 Å². The van der Waals surface area contributed by atoms with Gasteiger partial charge in [0.15, 0.2) is 5.13 Å². The normalized spacial score (nSPS) is 18.3. The highest BCUT2D eigenvalue weighted by atomic mass is 32.1. The molecule has 2 N–H and O–H groups in total. The van der Waals surface area contributed by atoms with Crippen LogP contribution in [-0.2, 0) is 9.47 Å². The zero-order valence-electron chi connectivity index (χ0n) is 29.7. The van der Waals surface area contributed by atoms with Gasteiger partial charge in [-0.25, -0.2) is 19.6 Å². The molecule has 0 radical (unpaired) electrons. The van der Waals surface area contributed by atoms with Gasteiger partial charge in [0.1, 0.15) is 17.0 Å². The van der Waals surface area contributed by atoms with Crippen molar-refractivity contribution in [1.82, 2.24) is 24.8 Å². The first kappa shape index (κ1) is 33.8. The second-order valence-corrected chi connectivity index (χ2v) is 16.4. The SMILES string of the molecule is CC(C)(C)OC(=O)N1CCC[C@H]1CNc1nc2ccc(-c3ccc4cc(-c5cnc([C@@H]6CCCN6C(=O)OC(C)(C)C)[nH]5)ccc4c3)cc2s1. The molecule has 3 aromatic carbocycles. The monoisotopic (exact) mass is 694 g/mol. The Bertz CT molecular complexity index is 2040. The van der Waals surface area contributed by atoms with Gasteiger partial charge in [0.2, 0.25) is 0 Å². The van der Waals surface area contributed by atoms with E-state index in [0.29, 0.717) is 13.1 Å². The molecule has 0 spiro atoms. The van der Waals surface area contributed by atoms with Crippen molar-refractivity contribution in [3.8, 4) is 22.4 Å². The molecule has 50 heavy (non-hydrogen) atoms. The molecule has 0 bridgehead atoms. The molecule has 2 amide bonds. The fraction of sp³-hybridized carbons (Fsp3) is 0.436. The van der Waals surface area contributed by atoms with E-state index in [1.807, 2.05) is 52.6 Å². The summed E-state index contributed by atoms with van der Waals surface area (Å²) in [4.78, 5) is 42.2. The average molecular weight is 695 g/mol. The van der Waals surface area contributed by atoms with Gasteiger partial charge in [-0.05, 0) is 113 Å². The number of aromatic nitrogens is 3. The number of likely N-dealkylation sites (tertiary alicyclic amines) is 2. The summed E-state index contributed by atoms with van der Waals surface area (Å²) < 4.78 is 12.4. The zero-order chi connectivity index (χ0) is 35.2. The second kappa shape index (κ2) is 13.2. The largest absolute Gasteiger partial charge is 0.444 e. The molecule has 10 nitrogen and oxygen atoms in total. The zero-order valence-corrected chi connectivity index (χ0v) is 30.5. The Hall–Kier alpha value is -4.64. The van der Waals surface area contributed by atoms with Crippen LogP contribution < -0.4 is 5.32 Å². The Labute approximate surface area is 297 Å². The summed E-state index contributed by atoms with van der Waals surface area (Å²) in [6.07, 6.45) is 5.01. The molecule has 5 aromatic rings. The lowest BCUT2D eigenvalue weighted by atomic mass is 9.99. The van der Waals surface area contributed by atoms with Crippen LogP contribution in [-0.4, -0.2) is 73.8 Å². The van der Waals surface area contributed by atoms with Gasteiger partial charge in [-0.1, -0.05) is 41.7 Å². The van der Waals surface area contributed by atoms with E-state index >= 15 is 0 Å². The van der Waals surface area contributed by atoms with Gasteiger partial charge in [0.05, 0.1) is 34.2 Å². The number of nitrogens with zero attached hydrogens (tertiary/aromatic N) is 4. The van der Waals surface area contributed by atoms with Gasteiger partial charge in [0.25, 0.3) is 0 Å². The van der Waals surface area contributed by atoms with Crippen LogP contribution in [0.4, 0.5) is 14.7 Å². The van der Waals surface area contributed by atoms with E-state index in [0.717, 1.165) is 86.6 Å². The van der Waals surface area contributed by atoms with Crippen molar-refractivity contribution in [2.45, 2.75) is 90.5 Å². The Kier molecular flexibility index (Phi) is 8.96. The lowest BCUT2D eigenvalue weighted by molar-refractivity contribution is 0.0213. The van der Waals surface area contributed by atoms with E-state index in [1.165, 1.54) is 0 Å². The molecule has 0 saturated carbocycles. The molecule has 2 fully saturated rings. The van der Waals surface area contributed by atoms with Crippen LogP contribution in [0, 0.1) is 0 Å². The predicted octanol–water partition coefficient (Wildman–Crippen LogP) is 9.39. The number of carbonyl (C=O) groups is 2. The number of H-pyrrole nitrogens is 1. The quantitative estimate of drug-likeness (QED) is 0.182. The molecule has 2 aromatic heterocycles. The summed E-state index contributed by atoms with van der Waals surface area (Å²) in [6.45, 7) is 13.4. The molecule has 0 aliphatic carbocycles. The van der Waals surface area contributed by atoms with Crippen LogP contribution in [0.15, 0.2) is 60.8 Å². The Morgan fingerprint density at radius 1 is 0.840 bits per heavy atom. The molecule has 7 rings (SSSR count). The van der Waals surface area contributed by atoms with Crippen LogP contribution >= 0.6 is 11.3 Å². The number of ether oxygens (including phenoxy) is 2. The summed E-state index contributed by atoms with van der Waals surface area (Å²) in [5, 5.41) is 6.62. The van der Waals surface area contributed by atoms with Crippen molar-refractivity contribution < 1.29 is 19.1 Å². The number of thiazole rings is 1. The summed E-state index contributed by atoms with van der Waals surface area (Å²) >= 11 is 1.63. The van der Waals surface area contributed by atoms with Crippen molar-refractivity contribution in [2.75, 3.05) is 25.0 Å². The first-order valence-electron chi connectivity index (χ1n) is 17.5. The molecule has 2 aliphatic rings. The fourth-order valence-electron chi connectivity index (χ4n) is 6.83. The topological polar surface area (TPSA) is 113 Å². The maximum Gasteiger partial charge on any atom is 0.410 e. The Morgan fingerprint density at radius 2 is 1.46 bits per heavy atom. The van der Waals surface area contributed by atoms with Gasteiger partial charge in [0, 0.05) is 25.2 Å². The van der Waals surface area contributed by atoms with E-state index < -0.39 is 11.2 Å². The third kappa shape index (κ3) is 7.43. The maximum atomic E-state index is 12.8. The van der Waals surface area contributed by atoms with Crippen molar-refractivity contribution >= 4 is 49.6 Å². The molecule has 2 atom stereocenters. The first-order valence-corrected chi connectivity index (χ1v) is 18.3. The number of carbonyl (C=O) groups excluding carboxylic acids is 2. The van der Waals surface area contributed by atoms with Gasteiger partial charge in [-0.2, -0.15) is 0 Å². The number of fused-ring (bicyclic) bond motifs is 2. The number of hydrogen-bond donors (Lipinski definition) is 2. The standard InChI is InChI=1S/C39H46N6O4S/c1-38(2,3)48-36(46)44-17-7-9-29(44)22-41-35-43-30-16-15-27(21-33(30)50-35)25-11-12-26-20-28(14-13-24(26)19-25)31-23-40-34(42-31)32-10-8-18-45(32)37(47)49-39(4,5)6/h11-16,19-21,23,29,32H,7-10,17-18,22H2,1-6H3,(H,40,42)(H,41,43)/t29-,32-/m0/s1. The van der Waals surface area contributed by atoms with Gasteiger partial charge in [-0.3, -0.25) is 4.90 Å². The van der Waals surface area contributed by atoms with Gasteiger partial charge >= 0.3 is 12.2 Å². The number of aromatic amines is 1. The van der Waals surface area contributed by atoms with E-state index in [9.17, 15) is 9.59 Å². The van der Waals surface area contributed by atoms with Crippen molar-refractivity contribution in [3.05, 3.63) is 66.6 Å².